The third kappa shape index (κ3) is 20300. The van der Waals surface area contributed by atoms with Crippen LogP contribution in [0, 0.1) is 15.3 Å². The van der Waals surface area contributed by atoms with Crippen LogP contribution in [-0.4, -0.2) is 29.0 Å². The molecule has 0 atom stereocenters. The van der Waals surface area contributed by atoms with Crippen LogP contribution in [0.1, 0.15) is 0 Å². The van der Waals surface area contributed by atoms with Gasteiger partial charge in [0, 0.05) is 23.9 Å². The normalized spacial score (nSPS) is 4.00. The quantitative estimate of drug-likeness (QED) is 0.330. The second kappa shape index (κ2) is 8.88. The molecule has 0 aliphatic carbocycles. The van der Waals surface area contributed by atoms with E-state index in [1.807, 2.05) is 0 Å². The Balaban J connectivity index is -0.0000000450. The van der Waals surface area contributed by atoms with E-state index in [1.54, 1.807) is 0 Å². The Hall–Kier alpha value is -0.0413. The Morgan fingerprint density at radius 1 is 1.33 bits per heavy atom. The van der Waals surface area contributed by atoms with Crippen molar-refractivity contribution in [3.63, 3.8) is 0 Å². The van der Waals surface area contributed by atoms with Crippen LogP contribution < -0.4 is 6.15 Å². The van der Waals surface area contributed by atoms with Crippen LogP contribution in [0.15, 0.2) is 0 Å². The second-order valence-corrected chi connectivity index (χ2v) is 0.224. The van der Waals surface area contributed by atoms with Gasteiger partial charge >= 0.3 is 0 Å². The number of quaternary nitrogens is 1. The first-order valence-corrected chi connectivity index (χ1v) is 0.548. The molecule has 0 rings (SSSR count). The third-order valence-corrected chi connectivity index (χ3v) is 0. The maximum Gasteiger partial charge on any atom is 0.0689 e. The molecule has 0 aromatic rings. The van der Waals surface area contributed by atoms with Crippen molar-refractivity contribution < 1.29 is 5.09 Å². The van der Waals surface area contributed by atoms with Gasteiger partial charge in [0.05, 0.1) is 5.09 Å². The minimum Gasteiger partial charge on any atom is -0.369 e. The molecule has 0 amide bonds. The molecule has 0 bridgehead atoms. The van der Waals surface area contributed by atoms with Crippen molar-refractivity contribution in [3.8, 4) is 0 Å². The van der Waals surface area contributed by atoms with Crippen molar-refractivity contribution in [1.29, 1.82) is 0 Å². The van der Waals surface area contributed by atoms with E-state index in [-0.39, 0.29) is 30.1 Å². The maximum absolute atomic E-state index is 8.25. The van der Waals surface area contributed by atoms with Crippen molar-refractivity contribution in [3.05, 3.63) is 15.3 Å². The van der Waals surface area contributed by atoms with E-state index in [2.05, 4.69) is 0 Å². The van der Waals surface area contributed by atoms with Crippen LogP contribution in [0.25, 0.3) is 0 Å². The first-order chi connectivity index (χ1) is 1.73. The molecule has 36 valence electrons. The number of hydrogen-bond acceptors (Lipinski definition) is 3. The first kappa shape index (κ1) is 16.7. The van der Waals surface area contributed by atoms with Gasteiger partial charge in [0.1, 0.15) is 0 Å². The van der Waals surface area contributed by atoms with Crippen LogP contribution >= 0.6 is 0 Å². The summed E-state index contributed by atoms with van der Waals surface area (Å²) < 4.78 is 0. The molecular formula is H4N2O3Sn. The van der Waals surface area contributed by atoms with Crippen molar-refractivity contribution in [1.82, 2.24) is 6.15 Å². The van der Waals surface area contributed by atoms with E-state index in [4.69, 9.17) is 15.3 Å². The predicted octanol–water partition coefficient (Wildman–Crippen LogP) is -0.244. The summed E-state index contributed by atoms with van der Waals surface area (Å²) >= 11 is 0. The van der Waals surface area contributed by atoms with E-state index in [0.29, 0.717) is 0 Å². The molecule has 4 radical (unpaired) electrons. The molecule has 0 saturated heterocycles. The standard InChI is InChI=1S/NO3.H3N.Sn/c2-1(3)4;;/h;1H3;/q-1;;/p+1. The van der Waals surface area contributed by atoms with Crippen LogP contribution in [-0.2, 0) is 0 Å². The second-order valence-electron chi connectivity index (χ2n) is 0.224. The molecule has 0 fully saturated rings. The Kier molecular flexibility index (Phi) is 24.8. The van der Waals surface area contributed by atoms with E-state index in [9.17, 15) is 0 Å². The van der Waals surface area contributed by atoms with Crippen LogP contribution in [0.4, 0.5) is 0 Å². The number of rotatable bonds is 0. The zero-order chi connectivity index (χ0) is 3.58. The summed E-state index contributed by atoms with van der Waals surface area (Å²) in [6.45, 7) is 0. The van der Waals surface area contributed by atoms with Gasteiger partial charge < -0.3 is 21.5 Å². The molecule has 4 N–H and O–H groups in total. The fourth-order valence-corrected chi connectivity index (χ4v) is 0. The fourth-order valence-electron chi connectivity index (χ4n) is 0. The van der Waals surface area contributed by atoms with E-state index in [1.165, 1.54) is 0 Å². The third-order valence-electron chi connectivity index (χ3n) is 0. The summed E-state index contributed by atoms with van der Waals surface area (Å²) in [6.07, 6.45) is 0. The molecule has 0 saturated carbocycles. The van der Waals surface area contributed by atoms with Crippen LogP contribution in [0.3, 0.4) is 0 Å². The van der Waals surface area contributed by atoms with Gasteiger partial charge in [0.2, 0.25) is 0 Å². The Labute approximate surface area is 51.0 Å². The Morgan fingerprint density at radius 3 is 1.33 bits per heavy atom. The minimum absolute atomic E-state index is 0. The van der Waals surface area contributed by atoms with E-state index >= 15 is 0 Å². The van der Waals surface area contributed by atoms with Gasteiger partial charge in [-0.3, -0.25) is 0 Å². The van der Waals surface area contributed by atoms with E-state index < -0.39 is 5.09 Å². The topological polar surface area (TPSA) is 103 Å². The molecule has 6 heteroatoms. The van der Waals surface area contributed by atoms with E-state index in [0.717, 1.165) is 0 Å². The molecule has 0 aliphatic rings. The van der Waals surface area contributed by atoms with Crippen LogP contribution in [0.5, 0.6) is 0 Å². The Morgan fingerprint density at radius 2 is 1.33 bits per heavy atom. The Bertz CT molecular complexity index is 31.8. The summed E-state index contributed by atoms with van der Waals surface area (Å²) in [5.41, 5.74) is 0. The predicted molar refractivity (Wildman–Crippen MR) is 22.1 cm³/mol. The van der Waals surface area contributed by atoms with Gasteiger partial charge in [-0.1, -0.05) is 0 Å². The monoisotopic (exact) mass is 200 g/mol. The van der Waals surface area contributed by atoms with Gasteiger partial charge in [0.15, 0.2) is 0 Å². The molecule has 0 aliphatic heterocycles. The van der Waals surface area contributed by atoms with Gasteiger partial charge in [-0.25, -0.2) is 0 Å². The number of hydrogen-bond donors (Lipinski definition) is 1. The number of nitrogens with zero attached hydrogens (tertiary/aromatic N) is 1. The molecule has 0 heterocycles. The molecule has 5 nitrogen and oxygen atoms in total. The SMILES string of the molecule is O=[N+]([O-])[O-].[NH4+].[Sn]. The zero-order valence-corrected chi connectivity index (χ0v) is 6.03. The maximum atomic E-state index is 8.25. The average molecular weight is 199 g/mol. The molecular weight excluding hydrogens is 195 g/mol. The van der Waals surface area contributed by atoms with Crippen molar-refractivity contribution in [2.75, 3.05) is 0 Å². The molecule has 0 aromatic carbocycles. The molecule has 0 spiro atoms. The largest absolute Gasteiger partial charge is 0.369 e. The molecule has 0 aromatic heterocycles. The summed E-state index contributed by atoms with van der Waals surface area (Å²) in [5, 5.41) is 14.8. The van der Waals surface area contributed by atoms with Crippen molar-refractivity contribution in [2.24, 2.45) is 0 Å². The summed E-state index contributed by atoms with van der Waals surface area (Å²) in [7, 11) is 0. The van der Waals surface area contributed by atoms with Gasteiger partial charge in [-0.2, -0.15) is 0 Å². The first-order valence-electron chi connectivity index (χ1n) is 0.548. The summed E-state index contributed by atoms with van der Waals surface area (Å²) in [6, 6.07) is 0. The van der Waals surface area contributed by atoms with Gasteiger partial charge in [0.25, 0.3) is 0 Å². The van der Waals surface area contributed by atoms with Crippen molar-refractivity contribution >= 4 is 23.9 Å². The van der Waals surface area contributed by atoms with Crippen molar-refractivity contribution in [2.45, 2.75) is 0 Å². The summed E-state index contributed by atoms with van der Waals surface area (Å²) in [4.78, 5) is 8.25. The minimum atomic E-state index is -1.75. The average Bonchev–Trinajstić information content (AvgIpc) is 0.811. The zero-order valence-electron chi connectivity index (χ0n) is 3.17. The summed E-state index contributed by atoms with van der Waals surface area (Å²) in [5.74, 6) is 0. The van der Waals surface area contributed by atoms with Gasteiger partial charge in [-0.05, 0) is 0 Å². The molecule has 6 heavy (non-hydrogen) atoms. The fraction of sp³-hybridized carbons (Fsp3) is 0. The molecule has 0 unspecified atom stereocenters. The van der Waals surface area contributed by atoms with Crippen LogP contribution in [0.2, 0.25) is 0 Å². The van der Waals surface area contributed by atoms with Gasteiger partial charge in [-0.15, -0.1) is 0 Å². The smallest absolute Gasteiger partial charge is 0.0689 e.